The lowest BCUT2D eigenvalue weighted by molar-refractivity contribution is 0.211. The summed E-state index contributed by atoms with van der Waals surface area (Å²) >= 11 is 0. The first-order valence-electron chi connectivity index (χ1n) is 8.36. The smallest absolute Gasteiger partial charge is 0.156 e. The third-order valence-electron chi connectivity index (χ3n) is 4.56. The van der Waals surface area contributed by atoms with Crippen LogP contribution in [-0.2, 0) is 6.54 Å². The Labute approximate surface area is 132 Å². The SMILES string of the molecule is CCN1CCC[C@@H](c2nccn2Cc2cc(C(C)C)no2)C1. The molecule has 0 N–H and O–H groups in total. The Morgan fingerprint density at radius 1 is 1.41 bits per heavy atom. The van der Waals surface area contributed by atoms with Crippen LogP contribution < -0.4 is 0 Å². The number of hydrogen-bond acceptors (Lipinski definition) is 4. The molecule has 3 rings (SSSR count). The maximum atomic E-state index is 5.47. The molecule has 1 aliphatic heterocycles. The second-order valence-corrected chi connectivity index (χ2v) is 6.52. The van der Waals surface area contributed by atoms with Gasteiger partial charge < -0.3 is 14.0 Å². The van der Waals surface area contributed by atoms with Crippen LogP contribution in [0.2, 0.25) is 0 Å². The molecule has 0 unspecified atom stereocenters. The van der Waals surface area contributed by atoms with Gasteiger partial charge in [0.05, 0.1) is 12.2 Å². The number of hydrogen-bond donors (Lipinski definition) is 0. The van der Waals surface area contributed by atoms with Gasteiger partial charge in [-0.05, 0) is 31.8 Å². The third kappa shape index (κ3) is 3.24. The van der Waals surface area contributed by atoms with Gasteiger partial charge in [-0.1, -0.05) is 25.9 Å². The van der Waals surface area contributed by atoms with E-state index < -0.39 is 0 Å². The van der Waals surface area contributed by atoms with Crippen molar-refractivity contribution in [1.82, 2.24) is 19.6 Å². The van der Waals surface area contributed by atoms with Crippen molar-refractivity contribution in [2.24, 2.45) is 0 Å². The summed E-state index contributed by atoms with van der Waals surface area (Å²) in [5.41, 5.74) is 1.02. The zero-order valence-corrected chi connectivity index (χ0v) is 13.8. The van der Waals surface area contributed by atoms with Gasteiger partial charge in [-0.3, -0.25) is 0 Å². The summed E-state index contributed by atoms with van der Waals surface area (Å²) in [6, 6.07) is 2.06. The number of imidazole rings is 1. The highest BCUT2D eigenvalue weighted by Gasteiger charge is 2.24. The van der Waals surface area contributed by atoms with Crippen molar-refractivity contribution in [3.05, 3.63) is 35.7 Å². The number of piperidine rings is 1. The zero-order valence-electron chi connectivity index (χ0n) is 13.8. The van der Waals surface area contributed by atoms with E-state index in [-0.39, 0.29) is 0 Å². The van der Waals surface area contributed by atoms with Crippen LogP contribution in [0.5, 0.6) is 0 Å². The Balaban J connectivity index is 1.74. The second-order valence-electron chi connectivity index (χ2n) is 6.52. The Kier molecular flexibility index (Phi) is 4.62. The largest absolute Gasteiger partial charge is 0.359 e. The summed E-state index contributed by atoms with van der Waals surface area (Å²) < 4.78 is 7.69. The predicted molar refractivity (Wildman–Crippen MR) is 86.0 cm³/mol. The fourth-order valence-electron chi connectivity index (χ4n) is 3.21. The van der Waals surface area contributed by atoms with E-state index in [0.29, 0.717) is 11.8 Å². The van der Waals surface area contributed by atoms with Gasteiger partial charge >= 0.3 is 0 Å². The van der Waals surface area contributed by atoms with E-state index in [4.69, 9.17) is 4.52 Å². The molecule has 2 aromatic heterocycles. The minimum atomic E-state index is 0.399. The first kappa shape index (κ1) is 15.3. The van der Waals surface area contributed by atoms with E-state index >= 15 is 0 Å². The average Bonchev–Trinajstić information content (AvgIpc) is 3.17. The quantitative estimate of drug-likeness (QED) is 0.850. The Morgan fingerprint density at radius 3 is 3.00 bits per heavy atom. The molecule has 5 nitrogen and oxygen atoms in total. The highest BCUT2D eigenvalue weighted by molar-refractivity contribution is 5.11. The summed E-state index contributed by atoms with van der Waals surface area (Å²) in [7, 11) is 0. The van der Waals surface area contributed by atoms with Crippen molar-refractivity contribution in [2.45, 2.75) is 52.0 Å². The summed E-state index contributed by atoms with van der Waals surface area (Å²) in [6.45, 7) is 10.7. The fraction of sp³-hybridized carbons (Fsp3) is 0.647. The minimum absolute atomic E-state index is 0.399. The Bertz CT molecular complexity index is 601. The van der Waals surface area contributed by atoms with Gasteiger partial charge in [-0.2, -0.15) is 0 Å². The van der Waals surface area contributed by atoms with Crippen LogP contribution in [0.1, 0.15) is 62.7 Å². The normalized spacial score (nSPS) is 19.9. The highest BCUT2D eigenvalue weighted by Crippen LogP contribution is 2.26. The van der Waals surface area contributed by atoms with Gasteiger partial charge in [0.15, 0.2) is 5.76 Å². The molecule has 1 atom stereocenters. The zero-order chi connectivity index (χ0) is 15.5. The van der Waals surface area contributed by atoms with Crippen molar-refractivity contribution in [3.63, 3.8) is 0 Å². The lowest BCUT2D eigenvalue weighted by Gasteiger charge is -2.31. The van der Waals surface area contributed by atoms with Crippen LogP contribution in [0.15, 0.2) is 23.0 Å². The van der Waals surface area contributed by atoms with Crippen molar-refractivity contribution < 1.29 is 4.52 Å². The monoisotopic (exact) mass is 302 g/mol. The van der Waals surface area contributed by atoms with E-state index in [0.717, 1.165) is 31.1 Å². The van der Waals surface area contributed by atoms with Gasteiger partial charge in [0.2, 0.25) is 0 Å². The average molecular weight is 302 g/mol. The molecule has 0 aliphatic carbocycles. The first-order chi connectivity index (χ1) is 10.7. The summed E-state index contributed by atoms with van der Waals surface area (Å²) in [6.07, 6.45) is 6.43. The lowest BCUT2D eigenvalue weighted by atomic mass is 9.97. The van der Waals surface area contributed by atoms with Gasteiger partial charge in [0.1, 0.15) is 5.82 Å². The van der Waals surface area contributed by atoms with Crippen LogP contribution in [0.25, 0.3) is 0 Å². The number of likely N-dealkylation sites (N-methyl/N-ethyl adjacent to an activating group) is 1. The molecule has 0 saturated carbocycles. The maximum Gasteiger partial charge on any atom is 0.156 e. The summed E-state index contributed by atoms with van der Waals surface area (Å²) in [4.78, 5) is 7.13. The second kappa shape index (κ2) is 6.65. The van der Waals surface area contributed by atoms with E-state index in [1.807, 2.05) is 6.20 Å². The Morgan fingerprint density at radius 2 is 2.27 bits per heavy atom. The topological polar surface area (TPSA) is 47.1 Å². The van der Waals surface area contributed by atoms with Crippen molar-refractivity contribution in [1.29, 1.82) is 0 Å². The molecule has 1 fully saturated rings. The fourth-order valence-corrected chi connectivity index (χ4v) is 3.21. The standard InChI is InChI=1S/C17H26N4O/c1-4-20-8-5-6-14(11-20)17-18-7-9-21(17)12-15-10-16(13(2)3)19-22-15/h7,9-10,13-14H,4-6,8,11-12H2,1-3H3/t14-/m1/s1. The van der Waals surface area contributed by atoms with Crippen LogP contribution in [-0.4, -0.2) is 39.2 Å². The molecule has 0 bridgehead atoms. The molecule has 0 amide bonds. The van der Waals surface area contributed by atoms with Crippen LogP contribution >= 0.6 is 0 Å². The van der Waals surface area contributed by atoms with Crippen molar-refractivity contribution >= 4 is 0 Å². The van der Waals surface area contributed by atoms with Crippen molar-refractivity contribution in [3.8, 4) is 0 Å². The molecule has 5 heteroatoms. The van der Waals surface area contributed by atoms with E-state index in [1.54, 1.807) is 0 Å². The van der Waals surface area contributed by atoms with Crippen LogP contribution in [0.3, 0.4) is 0 Å². The van der Waals surface area contributed by atoms with Gasteiger partial charge in [-0.25, -0.2) is 4.98 Å². The number of aromatic nitrogens is 3. The van der Waals surface area contributed by atoms with E-state index in [2.05, 4.69) is 52.6 Å². The van der Waals surface area contributed by atoms with Gasteiger partial charge in [0.25, 0.3) is 0 Å². The molecule has 0 radical (unpaired) electrons. The number of rotatable bonds is 5. The van der Waals surface area contributed by atoms with E-state index in [1.165, 1.54) is 25.2 Å². The molecule has 0 aromatic carbocycles. The number of nitrogens with zero attached hydrogens (tertiary/aromatic N) is 4. The third-order valence-corrected chi connectivity index (χ3v) is 4.56. The lowest BCUT2D eigenvalue weighted by Crippen LogP contribution is -2.35. The summed E-state index contributed by atoms with van der Waals surface area (Å²) in [5, 5.41) is 4.15. The molecule has 2 aromatic rings. The molecule has 0 spiro atoms. The first-order valence-corrected chi connectivity index (χ1v) is 8.36. The molecule has 1 saturated heterocycles. The van der Waals surface area contributed by atoms with Crippen molar-refractivity contribution in [2.75, 3.05) is 19.6 Å². The van der Waals surface area contributed by atoms with Crippen LogP contribution in [0, 0.1) is 0 Å². The summed E-state index contributed by atoms with van der Waals surface area (Å²) in [5.74, 6) is 3.01. The van der Waals surface area contributed by atoms with E-state index in [9.17, 15) is 0 Å². The molecule has 3 heterocycles. The highest BCUT2D eigenvalue weighted by atomic mass is 16.5. The molecular weight excluding hydrogens is 276 g/mol. The van der Waals surface area contributed by atoms with Gasteiger partial charge in [-0.15, -0.1) is 0 Å². The minimum Gasteiger partial charge on any atom is -0.359 e. The molecule has 22 heavy (non-hydrogen) atoms. The number of likely N-dealkylation sites (tertiary alicyclic amines) is 1. The predicted octanol–water partition coefficient (Wildman–Crippen LogP) is 3.24. The van der Waals surface area contributed by atoms with Gasteiger partial charge in [0, 0.05) is 30.9 Å². The molecule has 120 valence electrons. The van der Waals surface area contributed by atoms with Crippen LogP contribution in [0.4, 0.5) is 0 Å². The maximum absolute atomic E-state index is 5.47. The molecular formula is C17H26N4O. The Hall–Kier alpha value is -1.62. The molecule has 1 aliphatic rings.